The lowest BCUT2D eigenvalue weighted by Crippen LogP contribution is -2.04. The molecule has 2 nitrogen and oxygen atoms in total. The number of ether oxygens (including phenoxy) is 1. The summed E-state index contributed by atoms with van der Waals surface area (Å²) in [4.78, 5) is 4.27. The predicted octanol–water partition coefficient (Wildman–Crippen LogP) is 1.60. The van der Waals surface area contributed by atoms with Gasteiger partial charge in [-0.2, -0.15) is 0 Å². The fourth-order valence-electron chi connectivity index (χ4n) is 1.03. The average molecular weight is 127 g/mol. The minimum absolute atomic E-state index is 0.454. The van der Waals surface area contributed by atoms with Crippen molar-refractivity contribution in [3.8, 4) is 0 Å². The van der Waals surface area contributed by atoms with E-state index in [1.165, 1.54) is 6.42 Å². The van der Waals surface area contributed by atoms with E-state index in [1.807, 2.05) is 6.92 Å². The van der Waals surface area contributed by atoms with Crippen LogP contribution in [0, 0.1) is 0 Å². The minimum Gasteiger partial charge on any atom is -0.479 e. The molecule has 0 aliphatic carbocycles. The largest absolute Gasteiger partial charge is 0.479 e. The second-order valence-corrected chi connectivity index (χ2v) is 2.40. The Morgan fingerprint density at radius 2 is 2.56 bits per heavy atom. The van der Waals surface area contributed by atoms with E-state index >= 15 is 0 Å². The van der Waals surface area contributed by atoms with Crippen LogP contribution in [0.3, 0.4) is 0 Å². The highest BCUT2D eigenvalue weighted by atomic mass is 16.5. The van der Waals surface area contributed by atoms with Gasteiger partial charge < -0.3 is 4.74 Å². The van der Waals surface area contributed by atoms with Crippen LogP contribution in [-0.4, -0.2) is 18.5 Å². The second-order valence-electron chi connectivity index (χ2n) is 2.40. The summed E-state index contributed by atoms with van der Waals surface area (Å²) >= 11 is 0. The van der Waals surface area contributed by atoms with Crippen molar-refractivity contribution >= 4 is 5.90 Å². The van der Waals surface area contributed by atoms with Crippen LogP contribution in [0.4, 0.5) is 0 Å². The summed E-state index contributed by atoms with van der Waals surface area (Å²) in [7, 11) is 0. The van der Waals surface area contributed by atoms with E-state index in [9.17, 15) is 0 Å². The van der Waals surface area contributed by atoms with Gasteiger partial charge in [0.15, 0.2) is 5.90 Å². The van der Waals surface area contributed by atoms with E-state index in [0.29, 0.717) is 6.04 Å². The molecule has 0 unspecified atom stereocenters. The lowest BCUT2D eigenvalue weighted by molar-refractivity contribution is 0.309. The Hall–Kier alpha value is -0.530. The summed E-state index contributed by atoms with van der Waals surface area (Å²) in [6, 6.07) is 0.454. The SMILES string of the molecule is CCC[C@H]1COC(C)=N1. The maximum absolute atomic E-state index is 5.17. The fraction of sp³-hybridized carbons (Fsp3) is 0.857. The molecule has 1 heterocycles. The molecule has 0 saturated carbocycles. The first-order valence-electron chi connectivity index (χ1n) is 3.50. The molecule has 1 aliphatic rings. The quantitative estimate of drug-likeness (QED) is 0.552. The topological polar surface area (TPSA) is 21.6 Å². The maximum Gasteiger partial charge on any atom is 0.180 e. The molecule has 0 radical (unpaired) electrons. The molecule has 0 aromatic heterocycles. The third-order valence-electron chi connectivity index (χ3n) is 1.47. The van der Waals surface area contributed by atoms with Crippen molar-refractivity contribution in [3.63, 3.8) is 0 Å². The molecule has 52 valence electrons. The first-order valence-corrected chi connectivity index (χ1v) is 3.50. The van der Waals surface area contributed by atoms with Crippen molar-refractivity contribution < 1.29 is 4.74 Å². The first kappa shape index (κ1) is 6.59. The van der Waals surface area contributed by atoms with Crippen LogP contribution in [0.25, 0.3) is 0 Å². The molecular weight excluding hydrogens is 114 g/mol. The Labute approximate surface area is 55.9 Å². The lowest BCUT2D eigenvalue weighted by Gasteiger charge is -1.99. The molecule has 0 bridgehead atoms. The lowest BCUT2D eigenvalue weighted by atomic mass is 10.2. The van der Waals surface area contributed by atoms with Crippen molar-refractivity contribution in [2.75, 3.05) is 6.61 Å². The molecular formula is C7H13NO. The van der Waals surface area contributed by atoms with Crippen molar-refractivity contribution in [2.24, 2.45) is 4.99 Å². The van der Waals surface area contributed by atoms with E-state index < -0.39 is 0 Å². The highest BCUT2D eigenvalue weighted by Gasteiger charge is 2.13. The zero-order valence-electron chi connectivity index (χ0n) is 6.05. The van der Waals surface area contributed by atoms with Gasteiger partial charge in [-0.1, -0.05) is 13.3 Å². The van der Waals surface area contributed by atoms with Crippen LogP contribution in [-0.2, 0) is 4.74 Å². The maximum atomic E-state index is 5.17. The molecule has 0 spiro atoms. The summed E-state index contributed by atoms with van der Waals surface area (Å²) in [5.74, 6) is 0.855. The normalized spacial score (nSPS) is 25.6. The van der Waals surface area contributed by atoms with E-state index in [2.05, 4.69) is 11.9 Å². The number of nitrogens with zero attached hydrogens (tertiary/aromatic N) is 1. The average Bonchev–Trinajstić information content (AvgIpc) is 2.17. The van der Waals surface area contributed by atoms with Crippen LogP contribution in [0.5, 0.6) is 0 Å². The number of rotatable bonds is 2. The molecule has 0 amide bonds. The molecule has 0 saturated heterocycles. The van der Waals surface area contributed by atoms with E-state index in [1.54, 1.807) is 0 Å². The summed E-state index contributed by atoms with van der Waals surface area (Å²) in [5.41, 5.74) is 0. The molecule has 0 aromatic rings. The Morgan fingerprint density at radius 3 is 3.00 bits per heavy atom. The molecule has 0 N–H and O–H groups in total. The van der Waals surface area contributed by atoms with Gasteiger partial charge in [-0.3, -0.25) is 0 Å². The van der Waals surface area contributed by atoms with Gasteiger partial charge in [0.1, 0.15) is 6.61 Å². The third kappa shape index (κ3) is 1.70. The van der Waals surface area contributed by atoms with Gasteiger partial charge in [-0.05, 0) is 6.42 Å². The molecule has 1 atom stereocenters. The molecule has 1 aliphatic heterocycles. The number of hydrogen-bond acceptors (Lipinski definition) is 2. The van der Waals surface area contributed by atoms with Gasteiger partial charge in [-0.15, -0.1) is 0 Å². The van der Waals surface area contributed by atoms with Crippen LogP contribution < -0.4 is 0 Å². The Bertz CT molecular complexity index is 120. The smallest absolute Gasteiger partial charge is 0.180 e. The van der Waals surface area contributed by atoms with E-state index in [0.717, 1.165) is 18.9 Å². The van der Waals surface area contributed by atoms with Gasteiger partial charge in [0.2, 0.25) is 0 Å². The van der Waals surface area contributed by atoms with Gasteiger partial charge in [0.25, 0.3) is 0 Å². The highest BCUT2D eigenvalue weighted by molar-refractivity contribution is 5.74. The minimum atomic E-state index is 0.454. The van der Waals surface area contributed by atoms with E-state index in [4.69, 9.17) is 4.74 Å². The molecule has 1 rings (SSSR count). The Balaban J connectivity index is 2.29. The summed E-state index contributed by atoms with van der Waals surface area (Å²) in [6.45, 7) is 4.89. The zero-order valence-corrected chi connectivity index (χ0v) is 6.05. The summed E-state index contributed by atoms with van der Waals surface area (Å²) in [6.07, 6.45) is 2.36. The fourth-order valence-corrected chi connectivity index (χ4v) is 1.03. The van der Waals surface area contributed by atoms with E-state index in [-0.39, 0.29) is 0 Å². The van der Waals surface area contributed by atoms with Gasteiger partial charge >= 0.3 is 0 Å². The monoisotopic (exact) mass is 127 g/mol. The number of aliphatic imine (C=N–C) groups is 1. The zero-order chi connectivity index (χ0) is 6.69. The second kappa shape index (κ2) is 2.85. The summed E-state index contributed by atoms with van der Waals surface area (Å²) in [5, 5.41) is 0. The van der Waals surface area contributed by atoms with Gasteiger partial charge in [-0.25, -0.2) is 4.99 Å². The van der Waals surface area contributed by atoms with Crippen molar-refractivity contribution in [2.45, 2.75) is 32.7 Å². The van der Waals surface area contributed by atoms with Gasteiger partial charge in [0, 0.05) is 6.92 Å². The predicted molar refractivity (Wildman–Crippen MR) is 37.8 cm³/mol. The number of hydrogen-bond donors (Lipinski definition) is 0. The molecule has 2 heteroatoms. The Kier molecular flexibility index (Phi) is 2.09. The standard InChI is InChI=1S/C7H13NO/c1-3-4-7-5-9-6(2)8-7/h7H,3-5H2,1-2H3/t7-/m0/s1. The Morgan fingerprint density at radius 1 is 1.78 bits per heavy atom. The molecule has 0 aromatic carbocycles. The van der Waals surface area contributed by atoms with Crippen molar-refractivity contribution in [1.29, 1.82) is 0 Å². The van der Waals surface area contributed by atoms with Crippen molar-refractivity contribution in [3.05, 3.63) is 0 Å². The van der Waals surface area contributed by atoms with Crippen LogP contribution in [0.2, 0.25) is 0 Å². The summed E-state index contributed by atoms with van der Waals surface area (Å²) < 4.78 is 5.17. The molecule has 0 fully saturated rings. The molecule has 9 heavy (non-hydrogen) atoms. The van der Waals surface area contributed by atoms with Crippen LogP contribution in [0.1, 0.15) is 26.7 Å². The first-order chi connectivity index (χ1) is 4.33. The van der Waals surface area contributed by atoms with Gasteiger partial charge in [0.05, 0.1) is 6.04 Å². The van der Waals surface area contributed by atoms with Crippen LogP contribution >= 0.6 is 0 Å². The van der Waals surface area contributed by atoms with Crippen molar-refractivity contribution in [1.82, 2.24) is 0 Å². The highest BCUT2D eigenvalue weighted by Crippen LogP contribution is 2.09. The van der Waals surface area contributed by atoms with Crippen LogP contribution in [0.15, 0.2) is 4.99 Å². The third-order valence-corrected chi connectivity index (χ3v) is 1.47.